The van der Waals surface area contributed by atoms with Crippen LogP contribution in [0.4, 0.5) is 5.69 Å². The zero-order valence-corrected chi connectivity index (χ0v) is 23.6. The monoisotopic (exact) mass is 550 g/mol. The average Bonchev–Trinajstić information content (AvgIpc) is 2.96. The number of nitrogens with zero attached hydrogens (tertiary/aromatic N) is 1. The predicted molar refractivity (Wildman–Crippen MR) is 155 cm³/mol. The standard InChI is InChI=1S/C32H42N2O6/c1-2-18-37-20-22-39-24-25-40-23-21-38-19-17-33-31(35)13-7-8-14-32(36)34-26-29-11-4-3-9-27(29)15-16-28-10-5-6-12-30(28)34/h3-6,9-12H,2,7-8,13-14,17-26H2,1H3,(H,33,35). The molecule has 0 spiro atoms. The van der Waals surface area contributed by atoms with Gasteiger partial charge in [0.2, 0.25) is 11.8 Å². The van der Waals surface area contributed by atoms with Crippen LogP contribution in [0.1, 0.15) is 55.7 Å². The zero-order chi connectivity index (χ0) is 28.3. The van der Waals surface area contributed by atoms with Gasteiger partial charge in [0.25, 0.3) is 0 Å². The highest BCUT2D eigenvalue weighted by atomic mass is 16.6. The number of hydrogen-bond acceptors (Lipinski definition) is 6. The lowest BCUT2D eigenvalue weighted by atomic mass is 10.0. The summed E-state index contributed by atoms with van der Waals surface area (Å²) in [7, 11) is 0. The van der Waals surface area contributed by atoms with E-state index in [0.29, 0.717) is 85.0 Å². The van der Waals surface area contributed by atoms with Crippen molar-refractivity contribution < 1.29 is 28.5 Å². The summed E-state index contributed by atoms with van der Waals surface area (Å²) in [6, 6.07) is 15.7. The van der Waals surface area contributed by atoms with Crippen LogP contribution < -0.4 is 10.2 Å². The van der Waals surface area contributed by atoms with Gasteiger partial charge in [-0.15, -0.1) is 0 Å². The Balaban J connectivity index is 1.24. The number of carbonyl (C=O) groups is 2. The maximum absolute atomic E-state index is 13.2. The predicted octanol–water partition coefficient (Wildman–Crippen LogP) is 4.09. The first-order chi connectivity index (χ1) is 19.7. The van der Waals surface area contributed by atoms with Gasteiger partial charge in [0.05, 0.1) is 58.5 Å². The number of para-hydroxylation sites is 1. The van der Waals surface area contributed by atoms with E-state index in [2.05, 4.69) is 24.1 Å². The second-order valence-electron chi connectivity index (χ2n) is 9.41. The third-order valence-electron chi connectivity index (χ3n) is 6.25. The summed E-state index contributed by atoms with van der Waals surface area (Å²) in [5.41, 5.74) is 3.65. The summed E-state index contributed by atoms with van der Waals surface area (Å²) in [6.45, 7) is 7.38. The molecule has 0 saturated heterocycles. The van der Waals surface area contributed by atoms with E-state index in [0.717, 1.165) is 35.4 Å². The van der Waals surface area contributed by atoms with E-state index in [9.17, 15) is 9.59 Å². The van der Waals surface area contributed by atoms with Gasteiger partial charge in [-0.2, -0.15) is 0 Å². The SMILES string of the molecule is CCCOCCOCCOCCOCCNC(=O)CCCCC(=O)N1Cc2ccccc2C#Cc2ccccc21. The maximum atomic E-state index is 13.2. The van der Waals surface area contributed by atoms with Crippen molar-refractivity contribution in [3.63, 3.8) is 0 Å². The lowest BCUT2D eigenvalue weighted by Crippen LogP contribution is -2.31. The van der Waals surface area contributed by atoms with Gasteiger partial charge in [0.15, 0.2) is 0 Å². The first-order valence-electron chi connectivity index (χ1n) is 14.3. The van der Waals surface area contributed by atoms with Gasteiger partial charge in [-0.25, -0.2) is 0 Å². The van der Waals surface area contributed by atoms with Crippen LogP contribution in [0.3, 0.4) is 0 Å². The fraction of sp³-hybridized carbons (Fsp3) is 0.500. The van der Waals surface area contributed by atoms with Gasteiger partial charge in [0.1, 0.15) is 0 Å². The highest BCUT2D eigenvalue weighted by Gasteiger charge is 2.20. The number of amides is 2. The van der Waals surface area contributed by atoms with E-state index in [4.69, 9.17) is 18.9 Å². The number of carbonyl (C=O) groups excluding carboxylic acids is 2. The number of rotatable bonds is 19. The lowest BCUT2D eigenvalue weighted by molar-refractivity contribution is -0.122. The first-order valence-corrected chi connectivity index (χ1v) is 14.3. The summed E-state index contributed by atoms with van der Waals surface area (Å²) in [6.07, 6.45) is 3.05. The Bertz CT molecular complexity index is 1110. The molecule has 0 bridgehead atoms. The molecule has 1 aliphatic rings. The molecule has 8 heteroatoms. The van der Waals surface area contributed by atoms with Crippen molar-refractivity contribution in [2.24, 2.45) is 0 Å². The highest BCUT2D eigenvalue weighted by Crippen LogP contribution is 2.26. The Morgan fingerprint density at radius 1 is 0.750 bits per heavy atom. The second kappa shape index (κ2) is 19.0. The molecule has 0 aliphatic carbocycles. The lowest BCUT2D eigenvalue weighted by Gasteiger charge is -2.26. The zero-order valence-electron chi connectivity index (χ0n) is 23.6. The minimum Gasteiger partial charge on any atom is -0.379 e. The Morgan fingerprint density at radius 3 is 2.05 bits per heavy atom. The van der Waals surface area contributed by atoms with E-state index in [1.54, 1.807) is 0 Å². The van der Waals surface area contributed by atoms with Crippen LogP contribution in [0.25, 0.3) is 0 Å². The van der Waals surface area contributed by atoms with Crippen LogP contribution >= 0.6 is 0 Å². The molecule has 8 nitrogen and oxygen atoms in total. The Morgan fingerprint density at radius 2 is 1.32 bits per heavy atom. The molecule has 0 atom stereocenters. The average molecular weight is 551 g/mol. The Hall–Kier alpha value is -3.22. The van der Waals surface area contributed by atoms with Gasteiger partial charge in [-0.1, -0.05) is 49.1 Å². The molecule has 0 aromatic heterocycles. The minimum absolute atomic E-state index is 0.0341. The maximum Gasteiger partial charge on any atom is 0.227 e. The Kier molecular flexibility index (Phi) is 14.8. The number of hydrogen-bond donors (Lipinski definition) is 1. The fourth-order valence-corrected chi connectivity index (χ4v) is 4.16. The number of unbranched alkanes of at least 4 members (excludes halogenated alkanes) is 1. The van der Waals surface area contributed by atoms with E-state index < -0.39 is 0 Å². The van der Waals surface area contributed by atoms with Crippen LogP contribution in [0, 0.1) is 11.8 Å². The molecule has 1 aliphatic heterocycles. The van der Waals surface area contributed by atoms with E-state index in [-0.39, 0.29) is 11.8 Å². The number of ether oxygens (including phenoxy) is 4. The van der Waals surface area contributed by atoms with Gasteiger partial charge >= 0.3 is 0 Å². The van der Waals surface area contributed by atoms with Gasteiger partial charge in [0, 0.05) is 37.1 Å². The fourth-order valence-electron chi connectivity index (χ4n) is 4.16. The van der Waals surface area contributed by atoms with E-state index >= 15 is 0 Å². The molecule has 2 aromatic carbocycles. The third-order valence-corrected chi connectivity index (χ3v) is 6.25. The van der Waals surface area contributed by atoms with Crippen LogP contribution in [0.5, 0.6) is 0 Å². The van der Waals surface area contributed by atoms with E-state index in [1.165, 1.54) is 0 Å². The normalized spacial score (nSPS) is 12.0. The topological polar surface area (TPSA) is 86.3 Å². The number of benzene rings is 2. The van der Waals surface area contributed by atoms with Crippen molar-refractivity contribution in [1.29, 1.82) is 0 Å². The molecule has 2 amide bonds. The second-order valence-corrected chi connectivity index (χ2v) is 9.41. The summed E-state index contributed by atoms with van der Waals surface area (Å²) in [4.78, 5) is 27.2. The third kappa shape index (κ3) is 11.5. The molecule has 0 fully saturated rings. The van der Waals surface area contributed by atoms with Crippen molar-refractivity contribution in [3.8, 4) is 11.8 Å². The first kappa shape index (κ1) is 31.3. The van der Waals surface area contributed by atoms with Crippen molar-refractivity contribution >= 4 is 17.5 Å². The van der Waals surface area contributed by atoms with Gasteiger partial charge in [-0.3, -0.25) is 9.59 Å². The molecule has 2 aromatic rings. The smallest absolute Gasteiger partial charge is 0.227 e. The summed E-state index contributed by atoms with van der Waals surface area (Å²) >= 11 is 0. The molecular formula is C32H42N2O6. The van der Waals surface area contributed by atoms with Crippen molar-refractivity contribution in [2.75, 3.05) is 64.3 Å². The molecule has 0 saturated carbocycles. The highest BCUT2D eigenvalue weighted by molar-refractivity contribution is 5.95. The molecule has 216 valence electrons. The van der Waals surface area contributed by atoms with Gasteiger partial charge in [-0.05, 0) is 43.0 Å². The molecule has 0 radical (unpaired) electrons. The van der Waals surface area contributed by atoms with Crippen molar-refractivity contribution in [1.82, 2.24) is 5.32 Å². The summed E-state index contributed by atoms with van der Waals surface area (Å²) in [5.74, 6) is 6.46. The Labute approximate surface area is 238 Å². The van der Waals surface area contributed by atoms with Gasteiger partial charge < -0.3 is 29.2 Å². The number of nitrogens with one attached hydrogen (secondary N) is 1. The van der Waals surface area contributed by atoms with Crippen LogP contribution in [0.2, 0.25) is 0 Å². The largest absolute Gasteiger partial charge is 0.379 e. The van der Waals surface area contributed by atoms with Crippen LogP contribution in [-0.2, 0) is 35.1 Å². The summed E-state index contributed by atoms with van der Waals surface area (Å²) < 4.78 is 21.7. The molecule has 0 unspecified atom stereocenters. The molecule has 3 rings (SSSR count). The van der Waals surface area contributed by atoms with Crippen molar-refractivity contribution in [2.45, 2.75) is 45.6 Å². The molecule has 40 heavy (non-hydrogen) atoms. The molecule has 1 heterocycles. The quantitative estimate of drug-likeness (QED) is 0.210. The number of fused-ring (bicyclic) bond motifs is 2. The van der Waals surface area contributed by atoms with E-state index in [1.807, 2.05) is 53.4 Å². The number of anilines is 1. The summed E-state index contributed by atoms with van der Waals surface area (Å²) in [5, 5.41) is 2.87. The van der Waals surface area contributed by atoms with Crippen molar-refractivity contribution in [3.05, 3.63) is 65.2 Å². The minimum atomic E-state index is -0.0341. The van der Waals surface area contributed by atoms with Crippen LogP contribution in [-0.4, -0.2) is 71.2 Å². The molecule has 1 N–H and O–H groups in total. The molecular weight excluding hydrogens is 508 g/mol. The van der Waals surface area contributed by atoms with Crippen LogP contribution in [0.15, 0.2) is 48.5 Å².